The summed E-state index contributed by atoms with van der Waals surface area (Å²) in [5, 5.41) is -0.340. The minimum atomic E-state index is -2.74. The summed E-state index contributed by atoms with van der Waals surface area (Å²) in [5.74, 6) is -1.73. The van der Waals surface area contributed by atoms with E-state index in [9.17, 15) is 27.9 Å². The summed E-state index contributed by atoms with van der Waals surface area (Å²) >= 11 is -2.74. The molecule has 1 aliphatic rings. The van der Waals surface area contributed by atoms with Crippen molar-refractivity contribution in [3.05, 3.63) is 24.4 Å². The zero-order valence-corrected chi connectivity index (χ0v) is 19.2. The molecule has 0 spiro atoms. The molecule has 2 heterocycles. The first-order chi connectivity index (χ1) is 14.9. The first-order valence-corrected chi connectivity index (χ1v) is 13.2. The third kappa shape index (κ3) is 9.09. The van der Waals surface area contributed by atoms with Crippen LogP contribution >= 0.6 is 21.6 Å². The summed E-state index contributed by atoms with van der Waals surface area (Å²) in [6.45, 7) is 0. The fraction of sp³-hybridized carbons (Fsp3) is 0.526. The highest BCUT2D eigenvalue weighted by atomic mass is 33.1. The topological polar surface area (TPSA) is 134 Å². The number of Topliss-reactive ketones (excluding diaryl/α,β-unsaturated/α-hetero) is 1. The predicted octanol–water partition coefficient (Wildman–Crippen LogP) is 2.59. The maximum Gasteiger partial charge on any atom is 0.333 e. The van der Waals surface area contributed by atoms with E-state index in [-0.39, 0.29) is 17.3 Å². The zero-order valence-electron chi connectivity index (χ0n) is 16.7. The van der Waals surface area contributed by atoms with Gasteiger partial charge in [-0.15, -0.1) is 5.06 Å². The van der Waals surface area contributed by atoms with Crippen molar-refractivity contribution in [2.75, 3.05) is 5.75 Å². The van der Waals surface area contributed by atoms with Crippen molar-refractivity contribution in [3.8, 4) is 0 Å². The number of pyridine rings is 1. The van der Waals surface area contributed by atoms with Crippen LogP contribution in [0.3, 0.4) is 0 Å². The number of aromatic nitrogens is 1. The van der Waals surface area contributed by atoms with E-state index in [2.05, 4.69) is 4.98 Å². The molecule has 2 rings (SSSR count). The molecule has 0 saturated carbocycles. The third-order valence-electron chi connectivity index (χ3n) is 4.32. The predicted molar refractivity (Wildman–Crippen MR) is 115 cm³/mol. The Labute approximate surface area is 190 Å². The average molecular weight is 488 g/mol. The molecular weight excluding hydrogens is 464 g/mol. The van der Waals surface area contributed by atoms with Gasteiger partial charge < -0.3 is 9.39 Å². The van der Waals surface area contributed by atoms with E-state index in [1.165, 1.54) is 0 Å². The molecule has 0 aromatic carbocycles. The van der Waals surface area contributed by atoms with E-state index in [4.69, 9.17) is 4.84 Å². The standard InChI is InChI=1S/C19H24N2O7S3/c22-14(10-12-29-30-16-8-5-6-11-20-16)7-3-1-2-4-9-18(24)28-21-17(23)13-15(19(21)25)31(26)27/h5-6,8,11,15H,1-4,7,9-10,12-13H2,(H,26,27)/p-1. The third-order valence-corrected chi connectivity index (χ3v) is 7.42. The van der Waals surface area contributed by atoms with Crippen LogP contribution in [0.4, 0.5) is 0 Å². The highest BCUT2D eigenvalue weighted by molar-refractivity contribution is 8.76. The Morgan fingerprint density at radius 1 is 1.16 bits per heavy atom. The molecule has 2 unspecified atom stereocenters. The molecule has 170 valence electrons. The quantitative estimate of drug-likeness (QED) is 0.167. The second-order valence-electron chi connectivity index (χ2n) is 6.72. The van der Waals surface area contributed by atoms with Crippen LogP contribution in [0.5, 0.6) is 0 Å². The highest BCUT2D eigenvalue weighted by Crippen LogP contribution is 2.29. The molecule has 2 atom stereocenters. The lowest BCUT2D eigenvalue weighted by atomic mass is 10.1. The van der Waals surface area contributed by atoms with E-state index in [1.807, 2.05) is 18.2 Å². The Balaban J connectivity index is 1.49. The number of ketones is 1. The summed E-state index contributed by atoms with van der Waals surface area (Å²) in [6, 6.07) is 5.69. The van der Waals surface area contributed by atoms with Crippen molar-refractivity contribution < 1.29 is 32.8 Å². The van der Waals surface area contributed by atoms with Crippen molar-refractivity contribution in [1.29, 1.82) is 0 Å². The van der Waals surface area contributed by atoms with Gasteiger partial charge in [0.25, 0.3) is 11.8 Å². The summed E-state index contributed by atoms with van der Waals surface area (Å²) in [5.41, 5.74) is 0. The number of nitrogens with zero attached hydrogens (tertiary/aromatic N) is 2. The number of amides is 2. The van der Waals surface area contributed by atoms with Gasteiger partial charge in [-0.05, 0) is 46.8 Å². The zero-order chi connectivity index (χ0) is 22.6. The molecule has 2 amide bonds. The van der Waals surface area contributed by atoms with E-state index >= 15 is 0 Å². The molecule has 1 fully saturated rings. The molecule has 0 aliphatic carbocycles. The van der Waals surface area contributed by atoms with Crippen molar-refractivity contribution in [3.63, 3.8) is 0 Å². The smallest absolute Gasteiger partial charge is 0.333 e. The number of hydrogen-bond donors (Lipinski definition) is 0. The monoisotopic (exact) mass is 487 g/mol. The molecule has 1 aromatic rings. The van der Waals surface area contributed by atoms with Crippen LogP contribution in [0.1, 0.15) is 51.4 Å². The van der Waals surface area contributed by atoms with Crippen molar-refractivity contribution in [1.82, 2.24) is 10.0 Å². The highest BCUT2D eigenvalue weighted by Gasteiger charge is 2.42. The summed E-state index contributed by atoms with van der Waals surface area (Å²) in [7, 11) is 3.14. The number of hydroxylamine groups is 2. The van der Waals surface area contributed by atoms with Gasteiger partial charge >= 0.3 is 5.97 Å². The summed E-state index contributed by atoms with van der Waals surface area (Å²) < 4.78 is 21.7. The molecule has 1 saturated heterocycles. The Kier molecular flexibility index (Phi) is 11.2. The maximum atomic E-state index is 11.9. The van der Waals surface area contributed by atoms with E-state index < -0.39 is 40.5 Å². The van der Waals surface area contributed by atoms with Gasteiger partial charge in [-0.25, -0.2) is 9.78 Å². The van der Waals surface area contributed by atoms with Crippen LogP contribution in [-0.2, 0) is 35.1 Å². The van der Waals surface area contributed by atoms with Crippen LogP contribution in [0, 0.1) is 0 Å². The Morgan fingerprint density at radius 2 is 1.90 bits per heavy atom. The minimum absolute atomic E-state index is 0.00246. The van der Waals surface area contributed by atoms with Gasteiger partial charge in [-0.1, -0.05) is 29.7 Å². The fourth-order valence-corrected chi connectivity index (χ4v) is 5.15. The van der Waals surface area contributed by atoms with Crippen LogP contribution in [0.25, 0.3) is 0 Å². The van der Waals surface area contributed by atoms with Crippen molar-refractivity contribution >= 4 is 56.2 Å². The van der Waals surface area contributed by atoms with Crippen LogP contribution in [-0.4, -0.2) is 53.4 Å². The van der Waals surface area contributed by atoms with Gasteiger partial charge in [0.2, 0.25) is 0 Å². The van der Waals surface area contributed by atoms with Gasteiger partial charge in [-0.2, -0.15) is 0 Å². The Bertz CT molecular complexity index is 807. The van der Waals surface area contributed by atoms with E-state index in [0.29, 0.717) is 25.7 Å². The molecule has 9 nitrogen and oxygen atoms in total. The summed E-state index contributed by atoms with van der Waals surface area (Å²) in [6.07, 6.45) is 4.88. The Hall–Kier alpha value is -1.76. The van der Waals surface area contributed by atoms with Crippen molar-refractivity contribution in [2.24, 2.45) is 0 Å². The molecule has 1 aliphatic heterocycles. The molecule has 0 N–H and O–H groups in total. The number of carbonyl (C=O) groups is 4. The summed E-state index contributed by atoms with van der Waals surface area (Å²) in [4.78, 5) is 55.9. The van der Waals surface area contributed by atoms with E-state index in [1.54, 1.807) is 27.8 Å². The first-order valence-electron chi connectivity index (χ1n) is 9.76. The molecule has 31 heavy (non-hydrogen) atoms. The second kappa shape index (κ2) is 13.6. The Morgan fingerprint density at radius 3 is 2.55 bits per heavy atom. The largest absolute Gasteiger partial charge is 0.772 e. The number of carbonyl (C=O) groups excluding carboxylic acids is 4. The lowest BCUT2D eigenvalue weighted by Gasteiger charge is -2.14. The van der Waals surface area contributed by atoms with Gasteiger partial charge in [-0.3, -0.25) is 18.6 Å². The van der Waals surface area contributed by atoms with Crippen LogP contribution in [0.15, 0.2) is 29.4 Å². The van der Waals surface area contributed by atoms with Gasteiger partial charge in [0.15, 0.2) is 0 Å². The van der Waals surface area contributed by atoms with Crippen LogP contribution in [0.2, 0.25) is 0 Å². The first kappa shape index (κ1) is 25.5. The van der Waals surface area contributed by atoms with Gasteiger partial charge in [0.05, 0.1) is 6.42 Å². The molecule has 12 heteroatoms. The molecule has 1 aromatic heterocycles. The molecule has 0 radical (unpaired) electrons. The lowest BCUT2D eigenvalue weighted by molar-refractivity contribution is -0.197. The average Bonchev–Trinajstić information content (AvgIpc) is 3.03. The van der Waals surface area contributed by atoms with Crippen LogP contribution < -0.4 is 0 Å². The molecule has 0 bridgehead atoms. The SMILES string of the molecule is O=C(CCCCCCC(=O)ON1C(=O)CC(S(=O)[O-])C1=O)CCSSc1ccccn1. The van der Waals surface area contributed by atoms with E-state index in [0.717, 1.165) is 23.6 Å². The normalized spacial score (nSPS) is 17.1. The fourth-order valence-electron chi connectivity index (χ4n) is 2.70. The number of unbranched alkanes of at least 4 members (excludes halogenated alkanes) is 3. The van der Waals surface area contributed by atoms with Gasteiger partial charge in [0.1, 0.15) is 16.1 Å². The lowest BCUT2D eigenvalue weighted by Crippen LogP contribution is -2.35. The maximum absolute atomic E-state index is 11.9. The number of hydrogen-bond acceptors (Lipinski definition) is 10. The minimum Gasteiger partial charge on any atom is -0.772 e. The number of imide groups is 1. The van der Waals surface area contributed by atoms with Gasteiger partial charge in [0, 0.05) is 31.2 Å². The van der Waals surface area contributed by atoms with Crippen molar-refractivity contribution in [2.45, 2.75) is 61.6 Å². The second-order valence-corrected chi connectivity index (χ2v) is 10.2. The number of rotatable bonds is 14. The molecular formula is C19H23N2O7S3-.